The van der Waals surface area contributed by atoms with Crippen molar-refractivity contribution in [1.82, 2.24) is 9.88 Å². The molecule has 3 heterocycles. The smallest absolute Gasteiger partial charge is 0.239 e. The third-order valence-electron chi connectivity index (χ3n) is 6.92. The fourth-order valence-electron chi connectivity index (χ4n) is 5.08. The van der Waals surface area contributed by atoms with E-state index in [2.05, 4.69) is 14.8 Å². The van der Waals surface area contributed by atoms with E-state index >= 15 is 4.39 Å². The highest BCUT2D eigenvalue weighted by Crippen LogP contribution is 2.66. The summed E-state index contributed by atoms with van der Waals surface area (Å²) in [4.78, 5) is 27.1. The number of hydrogen-bond acceptors (Lipinski definition) is 5. The number of benzene rings is 1. The lowest BCUT2D eigenvalue weighted by Gasteiger charge is -2.35. The predicted molar refractivity (Wildman–Crippen MR) is 129 cm³/mol. The van der Waals surface area contributed by atoms with Crippen molar-refractivity contribution in [3.8, 4) is 0 Å². The first kappa shape index (κ1) is 22.5. The van der Waals surface area contributed by atoms with E-state index in [1.165, 1.54) is 48.3 Å². The summed E-state index contributed by atoms with van der Waals surface area (Å²) >= 11 is 1.29. The van der Waals surface area contributed by atoms with Crippen LogP contribution in [-0.4, -0.2) is 38.8 Å². The molecule has 2 aromatic rings. The first-order valence-corrected chi connectivity index (χ1v) is 11.9. The lowest BCUT2D eigenvalue weighted by atomic mass is 9.84. The van der Waals surface area contributed by atoms with Gasteiger partial charge in [-0.1, -0.05) is 23.9 Å². The van der Waals surface area contributed by atoms with E-state index in [9.17, 15) is 9.18 Å². The molecule has 34 heavy (non-hydrogen) atoms. The SMILES string of the molecule is [C-]#[N+]c1ccc(/C(F)=C/c2ccc(F)c([C@@]3(C)N=C(N)S[C@@]4(C(=O)N5CCCC5)C[C@H]43)c2)nc1. The van der Waals surface area contributed by atoms with E-state index in [1.54, 1.807) is 13.0 Å². The Bertz CT molecular complexity index is 1270. The van der Waals surface area contributed by atoms with Crippen LogP contribution in [0.15, 0.2) is 41.5 Å². The second kappa shape index (κ2) is 8.20. The maximum Gasteiger partial charge on any atom is 0.239 e. The Kier molecular flexibility index (Phi) is 5.44. The summed E-state index contributed by atoms with van der Waals surface area (Å²) in [5, 5.41) is 0.263. The van der Waals surface area contributed by atoms with Crippen LogP contribution >= 0.6 is 11.8 Å². The number of hydrogen-bond donors (Lipinski definition) is 1. The van der Waals surface area contributed by atoms with Gasteiger partial charge < -0.3 is 10.6 Å². The molecular formula is C25H23F2N5OS. The lowest BCUT2D eigenvalue weighted by Crippen LogP contribution is -2.45. The van der Waals surface area contributed by atoms with Crippen molar-refractivity contribution >= 4 is 40.4 Å². The van der Waals surface area contributed by atoms with Crippen molar-refractivity contribution in [2.75, 3.05) is 13.1 Å². The molecule has 174 valence electrons. The minimum absolute atomic E-state index is 0.0560. The lowest BCUT2D eigenvalue weighted by molar-refractivity contribution is -0.130. The fraction of sp³-hybridized carbons (Fsp3) is 0.360. The van der Waals surface area contributed by atoms with E-state index in [-0.39, 0.29) is 28.3 Å². The molecule has 1 amide bonds. The first-order valence-electron chi connectivity index (χ1n) is 11.1. The van der Waals surface area contributed by atoms with Crippen LogP contribution in [-0.2, 0) is 10.3 Å². The van der Waals surface area contributed by atoms with E-state index in [0.717, 1.165) is 25.9 Å². The van der Waals surface area contributed by atoms with Gasteiger partial charge in [-0.2, -0.15) is 0 Å². The molecule has 0 spiro atoms. The third kappa shape index (κ3) is 3.66. The molecule has 2 fully saturated rings. The van der Waals surface area contributed by atoms with Gasteiger partial charge in [-0.25, -0.2) is 13.6 Å². The number of nitrogens with zero attached hydrogens (tertiary/aromatic N) is 4. The summed E-state index contributed by atoms with van der Waals surface area (Å²) in [6.07, 6.45) is 5.11. The number of aliphatic imine (C=N–C) groups is 1. The third-order valence-corrected chi connectivity index (χ3v) is 8.21. The number of aromatic nitrogens is 1. The fourth-order valence-corrected chi connectivity index (χ4v) is 6.52. The Morgan fingerprint density at radius 3 is 2.76 bits per heavy atom. The van der Waals surface area contributed by atoms with Gasteiger partial charge in [0, 0.05) is 30.8 Å². The van der Waals surface area contributed by atoms with Crippen molar-refractivity contribution in [3.63, 3.8) is 0 Å². The Morgan fingerprint density at radius 2 is 2.09 bits per heavy atom. The van der Waals surface area contributed by atoms with E-state index in [0.29, 0.717) is 17.7 Å². The normalized spacial score (nSPS) is 28.2. The van der Waals surface area contributed by atoms with Crippen LogP contribution in [0, 0.1) is 18.3 Å². The first-order chi connectivity index (χ1) is 16.3. The Labute approximate surface area is 200 Å². The van der Waals surface area contributed by atoms with Gasteiger partial charge in [-0.15, -0.1) is 0 Å². The quantitative estimate of drug-likeness (QED) is 0.633. The number of halogens is 2. The van der Waals surface area contributed by atoms with Gasteiger partial charge in [-0.05, 0) is 56.0 Å². The molecular weight excluding hydrogens is 456 g/mol. The molecule has 1 aromatic heterocycles. The standard InChI is InChI=1S/C25H23F2N5OS/c1-24(21-13-25(21,34-23(28)31-24)22(33)32-9-3-4-10-32)17-11-15(5-7-18(17)26)12-19(27)20-8-6-16(29-2)14-30-20/h5-8,11-12,14,21H,3-4,9-10,13H2,1H3,(H2,28,31)/b19-12-/t21-,24+,25-/m0/s1. The van der Waals surface area contributed by atoms with E-state index in [4.69, 9.17) is 12.3 Å². The van der Waals surface area contributed by atoms with Crippen molar-refractivity contribution in [1.29, 1.82) is 0 Å². The molecule has 6 nitrogen and oxygen atoms in total. The molecule has 0 bridgehead atoms. The minimum atomic E-state index is -1.04. The molecule has 0 unspecified atom stereocenters. The maximum absolute atomic E-state index is 15.1. The van der Waals surface area contributed by atoms with Crippen LogP contribution in [0.3, 0.4) is 0 Å². The van der Waals surface area contributed by atoms with Gasteiger partial charge in [0.2, 0.25) is 11.6 Å². The zero-order valence-electron chi connectivity index (χ0n) is 18.6. The molecule has 3 aliphatic rings. The number of amides is 1. The topological polar surface area (TPSA) is 75.9 Å². The number of carbonyl (C=O) groups is 1. The molecule has 1 aliphatic carbocycles. The Balaban J connectivity index is 1.48. The van der Waals surface area contributed by atoms with Gasteiger partial charge in [-0.3, -0.25) is 14.8 Å². The van der Waals surface area contributed by atoms with Gasteiger partial charge in [0.05, 0.1) is 17.8 Å². The van der Waals surface area contributed by atoms with Crippen molar-refractivity contribution in [3.05, 3.63) is 70.6 Å². The summed E-state index contributed by atoms with van der Waals surface area (Å²) < 4.78 is 29.2. The van der Waals surface area contributed by atoms with Crippen molar-refractivity contribution < 1.29 is 13.6 Å². The summed E-state index contributed by atoms with van der Waals surface area (Å²) in [5.41, 5.74) is 6.26. The number of amidine groups is 1. The van der Waals surface area contributed by atoms with Gasteiger partial charge in [0.15, 0.2) is 5.17 Å². The second-order valence-corrected chi connectivity index (χ2v) is 10.4. The van der Waals surface area contributed by atoms with Gasteiger partial charge in [0.25, 0.3) is 0 Å². The second-order valence-electron chi connectivity index (χ2n) is 9.09. The van der Waals surface area contributed by atoms with Crippen molar-refractivity contribution in [2.24, 2.45) is 16.6 Å². The van der Waals surface area contributed by atoms with Crippen LogP contribution in [0.2, 0.25) is 0 Å². The van der Waals surface area contributed by atoms with Gasteiger partial charge in [0.1, 0.15) is 16.4 Å². The van der Waals surface area contributed by atoms with E-state index in [1.807, 2.05) is 4.90 Å². The molecule has 2 N–H and O–H groups in total. The zero-order valence-corrected chi connectivity index (χ0v) is 19.4. The van der Waals surface area contributed by atoms with Crippen LogP contribution in [0.1, 0.15) is 43.0 Å². The maximum atomic E-state index is 15.1. The predicted octanol–water partition coefficient (Wildman–Crippen LogP) is 4.90. The zero-order chi connectivity index (χ0) is 24.1. The average molecular weight is 480 g/mol. The molecule has 1 saturated heterocycles. The molecule has 3 atom stereocenters. The van der Waals surface area contributed by atoms with Crippen LogP contribution in [0.4, 0.5) is 14.5 Å². The minimum Gasteiger partial charge on any atom is -0.378 e. The molecule has 1 saturated carbocycles. The number of carbonyl (C=O) groups excluding carboxylic acids is 1. The Hall–Kier alpha value is -3.25. The number of thioether (sulfide) groups is 1. The van der Waals surface area contributed by atoms with Crippen LogP contribution < -0.4 is 5.73 Å². The monoisotopic (exact) mass is 479 g/mol. The average Bonchev–Trinajstić information content (AvgIpc) is 3.33. The molecule has 9 heteroatoms. The van der Waals surface area contributed by atoms with E-state index < -0.39 is 21.9 Å². The van der Waals surface area contributed by atoms with Crippen LogP contribution in [0.5, 0.6) is 0 Å². The molecule has 1 aromatic carbocycles. The van der Waals surface area contributed by atoms with Gasteiger partial charge >= 0.3 is 0 Å². The molecule has 2 aliphatic heterocycles. The number of fused-ring (bicyclic) bond motifs is 1. The molecule has 0 radical (unpaired) electrons. The summed E-state index contributed by atoms with van der Waals surface area (Å²) in [6, 6.07) is 7.25. The van der Waals surface area contributed by atoms with Crippen molar-refractivity contribution in [2.45, 2.75) is 36.5 Å². The number of pyridine rings is 1. The molecule has 5 rings (SSSR count). The highest BCUT2D eigenvalue weighted by molar-refractivity contribution is 8.15. The highest BCUT2D eigenvalue weighted by Gasteiger charge is 2.71. The van der Waals surface area contributed by atoms with Crippen LogP contribution in [0.25, 0.3) is 16.7 Å². The Morgan fingerprint density at radius 1 is 1.32 bits per heavy atom. The summed E-state index contributed by atoms with van der Waals surface area (Å²) in [6.45, 7) is 10.3. The number of rotatable bonds is 4. The summed E-state index contributed by atoms with van der Waals surface area (Å²) in [5.74, 6) is -1.23. The number of nitrogens with two attached hydrogens (primary N) is 1. The number of likely N-dealkylation sites (tertiary alicyclic amines) is 1. The largest absolute Gasteiger partial charge is 0.378 e. The highest BCUT2D eigenvalue weighted by atomic mass is 32.2. The summed E-state index contributed by atoms with van der Waals surface area (Å²) in [7, 11) is 0.